The second kappa shape index (κ2) is 10.1. The number of hydrogen-bond acceptors (Lipinski definition) is 3. The number of benzene rings is 1. The first kappa shape index (κ1) is 18.5. The van der Waals surface area contributed by atoms with E-state index >= 15 is 0 Å². The van der Waals surface area contributed by atoms with Gasteiger partial charge < -0.3 is 15.2 Å². The molecule has 0 bridgehead atoms. The van der Waals surface area contributed by atoms with E-state index in [4.69, 9.17) is 0 Å². The number of aromatic nitrogens is 2. The summed E-state index contributed by atoms with van der Waals surface area (Å²) in [4.78, 5) is 22.2. The first-order chi connectivity index (χ1) is 11.8. The van der Waals surface area contributed by atoms with E-state index in [1.165, 1.54) is 32.1 Å². The lowest BCUT2D eigenvalue weighted by atomic mass is 10.1. The fourth-order valence-corrected chi connectivity index (χ4v) is 2.87. The maximum atomic E-state index is 12.4. The topological polar surface area (TPSA) is 61.0 Å². The molecule has 0 aliphatic carbocycles. The molecule has 2 N–H and O–H groups in total. The van der Waals surface area contributed by atoms with Crippen LogP contribution in [0.5, 0.6) is 0 Å². The Morgan fingerprint density at radius 2 is 1.92 bits per heavy atom. The van der Waals surface area contributed by atoms with Crippen LogP contribution in [-0.2, 0) is 0 Å². The highest BCUT2D eigenvalue weighted by Crippen LogP contribution is 2.14. The molecular formula is C19H30N4O. The lowest BCUT2D eigenvalue weighted by Crippen LogP contribution is -2.36. The van der Waals surface area contributed by atoms with E-state index in [1.807, 2.05) is 18.2 Å². The average Bonchev–Trinajstić information content (AvgIpc) is 3.07. The molecule has 1 heterocycles. The molecule has 2 rings (SSSR count). The minimum atomic E-state index is -0.0447. The van der Waals surface area contributed by atoms with E-state index in [1.54, 1.807) is 6.33 Å². The zero-order valence-corrected chi connectivity index (χ0v) is 15.0. The Morgan fingerprint density at radius 3 is 2.71 bits per heavy atom. The SMILES string of the molecule is CCCCCN(CCCC)CCNC(=O)c1cccc2[nH]cnc12. The van der Waals surface area contributed by atoms with Gasteiger partial charge in [0, 0.05) is 13.1 Å². The molecule has 5 nitrogen and oxygen atoms in total. The Morgan fingerprint density at radius 1 is 1.12 bits per heavy atom. The first-order valence-corrected chi connectivity index (χ1v) is 9.19. The van der Waals surface area contributed by atoms with Crippen LogP contribution in [0.3, 0.4) is 0 Å². The van der Waals surface area contributed by atoms with Gasteiger partial charge in [-0.3, -0.25) is 4.79 Å². The molecule has 0 saturated heterocycles. The maximum absolute atomic E-state index is 12.4. The largest absolute Gasteiger partial charge is 0.351 e. The van der Waals surface area contributed by atoms with Crippen molar-refractivity contribution in [3.8, 4) is 0 Å². The molecule has 1 aromatic carbocycles. The quantitative estimate of drug-likeness (QED) is 0.619. The number of unbranched alkanes of at least 4 members (excludes halogenated alkanes) is 3. The van der Waals surface area contributed by atoms with Gasteiger partial charge in [-0.2, -0.15) is 0 Å². The van der Waals surface area contributed by atoms with Crippen LogP contribution in [0.15, 0.2) is 24.5 Å². The zero-order chi connectivity index (χ0) is 17.2. The Labute approximate surface area is 144 Å². The summed E-state index contributed by atoms with van der Waals surface area (Å²) in [7, 11) is 0. The van der Waals surface area contributed by atoms with Crippen LogP contribution >= 0.6 is 0 Å². The molecular weight excluding hydrogens is 300 g/mol. The summed E-state index contributed by atoms with van der Waals surface area (Å²) in [5.74, 6) is -0.0447. The number of carbonyl (C=O) groups excluding carboxylic acids is 1. The van der Waals surface area contributed by atoms with Crippen LogP contribution in [0.2, 0.25) is 0 Å². The minimum Gasteiger partial charge on any atom is -0.351 e. The molecule has 0 saturated carbocycles. The van der Waals surface area contributed by atoms with E-state index < -0.39 is 0 Å². The van der Waals surface area contributed by atoms with Crippen molar-refractivity contribution in [3.63, 3.8) is 0 Å². The number of carbonyl (C=O) groups is 1. The highest BCUT2D eigenvalue weighted by Gasteiger charge is 2.12. The number of amides is 1. The van der Waals surface area contributed by atoms with Gasteiger partial charge in [-0.25, -0.2) is 4.98 Å². The number of hydrogen-bond donors (Lipinski definition) is 2. The second-order valence-corrected chi connectivity index (χ2v) is 6.26. The molecule has 1 amide bonds. The molecule has 0 radical (unpaired) electrons. The van der Waals surface area contributed by atoms with Crippen molar-refractivity contribution in [3.05, 3.63) is 30.1 Å². The predicted octanol–water partition coefficient (Wildman–Crippen LogP) is 3.59. The lowest BCUT2D eigenvalue weighted by molar-refractivity contribution is 0.0949. The summed E-state index contributed by atoms with van der Waals surface area (Å²) >= 11 is 0. The number of para-hydroxylation sites is 1. The van der Waals surface area contributed by atoms with Gasteiger partial charge in [-0.1, -0.05) is 39.2 Å². The van der Waals surface area contributed by atoms with Crippen LogP contribution in [0, 0.1) is 0 Å². The van der Waals surface area contributed by atoms with Gasteiger partial charge in [0.05, 0.1) is 17.4 Å². The van der Waals surface area contributed by atoms with E-state index in [9.17, 15) is 4.79 Å². The molecule has 1 aromatic heterocycles. The summed E-state index contributed by atoms with van der Waals surface area (Å²) in [6.07, 6.45) is 7.80. The van der Waals surface area contributed by atoms with Gasteiger partial charge in [0.15, 0.2) is 0 Å². The van der Waals surface area contributed by atoms with Gasteiger partial charge >= 0.3 is 0 Å². The Hall–Kier alpha value is -1.88. The third-order valence-corrected chi connectivity index (χ3v) is 4.31. The summed E-state index contributed by atoms with van der Waals surface area (Å²) in [6.45, 7) is 8.27. The van der Waals surface area contributed by atoms with Crippen molar-refractivity contribution < 1.29 is 4.79 Å². The van der Waals surface area contributed by atoms with Gasteiger partial charge in [0.25, 0.3) is 5.91 Å². The van der Waals surface area contributed by atoms with E-state index in [2.05, 4.69) is 34.0 Å². The predicted molar refractivity (Wildman–Crippen MR) is 99.3 cm³/mol. The summed E-state index contributed by atoms with van der Waals surface area (Å²) < 4.78 is 0. The van der Waals surface area contributed by atoms with Crippen LogP contribution in [0.4, 0.5) is 0 Å². The number of nitrogens with zero attached hydrogens (tertiary/aromatic N) is 2. The summed E-state index contributed by atoms with van der Waals surface area (Å²) in [6, 6.07) is 5.64. The van der Waals surface area contributed by atoms with Crippen molar-refractivity contribution in [2.45, 2.75) is 46.0 Å². The number of fused-ring (bicyclic) bond motifs is 1. The molecule has 24 heavy (non-hydrogen) atoms. The van der Waals surface area contributed by atoms with Crippen LogP contribution in [0.25, 0.3) is 11.0 Å². The van der Waals surface area contributed by atoms with Gasteiger partial charge in [0.2, 0.25) is 0 Å². The third kappa shape index (κ3) is 5.34. The highest BCUT2D eigenvalue weighted by atomic mass is 16.1. The van der Waals surface area contributed by atoms with Crippen molar-refractivity contribution in [1.82, 2.24) is 20.2 Å². The van der Waals surface area contributed by atoms with E-state index in [0.717, 1.165) is 30.7 Å². The smallest absolute Gasteiger partial charge is 0.253 e. The monoisotopic (exact) mass is 330 g/mol. The third-order valence-electron chi connectivity index (χ3n) is 4.31. The van der Waals surface area contributed by atoms with Gasteiger partial charge in [-0.15, -0.1) is 0 Å². The normalized spacial score (nSPS) is 11.3. The van der Waals surface area contributed by atoms with E-state index in [0.29, 0.717) is 12.1 Å². The minimum absolute atomic E-state index is 0.0447. The van der Waals surface area contributed by atoms with Gasteiger partial charge in [-0.05, 0) is 38.1 Å². The number of H-pyrrole nitrogens is 1. The number of rotatable bonds is 11. The molecule has 0 aliphatic rings. The Bertz CT molecular complexity index is 623. The second-order valence-electron chi connectivity index (χ2n) is 6.26. The van der Waals surface area contributed by atoms with Crippen LogP contribution in [-0.4, -0.2) is 47.0 Å². The number of nitrogens with one attached hydrogen (secondary N) is 2. The Balaban J connectivity index is 1.84. The molecule has 2 aromatic rings. The van der Waals surface area contributed by atoms with Crippen molar-refractivity contribution in [1.29, 1.82) is 0 Å². The molecule has 0 aliphatic heterocycles. The zero-order valence-electron chi connectivity index (χ0n) is 15.0. The van der Waals surface area contributed by atoms with Gasteiger partial charge in [0.1, 0.15) is 5.52 Å². The summed E-state index contributed by atoms with van der Waals surface area (Å²) in [5.41, 5.74) is 2.27. The molecule has 0 spiro atoms. The maximum Gasteiger partial charge on any atom is 0.253 e. The fourth-order valence-electron chi connectivity index (χ4n) is 2.87. The van der Waals surface area contributed by atoms with Crippen molar-refractivity contribution in [2.75, 3.05) is 26.2 Å². The number of imidazole rings is 1. The van der Waals surface area contributed by atoms with Crippen molar-refractivity contribution >= 4 is 16.9 Å². The highest BCUT2D eigenvalue weighted by molar-refractivity contribution is 6.04. The van der Waals surface area contributed by atoms with Crippen LogP contribution < -0.4 is 5.32 Å². The molecule has 5 heteroatoms. The van der Waals surface area contributed by atoms with Crippen LogP contribution in [0.1, 0.15) is 56.3 Å². The Kier molecular flexibility index (Phi) is 7.75. The fraction of sp³-hybridized carbons (Fsp3) is 0.579. The molecule has 0 atom stereocenters. The standard InChI is InChI=1S/C19H30N4O/c1-3-5-7-13-23(12-6-4-2)14-11-20-19(24)16-9-8-10-17-18(16)22-15-21-17/h8-10,15H,3-7,11-14H2,1-2H3,(H,20,24)(H,21,22). The lowest BCUT2D eigenvalue weighted by Gasteiger charge is -2.22. The molecule has 0 fully saturated rings. The summed E-state index contributed by atoms with van der Waals surface area (Å²) in [5, 5.41) is 3.04. The van der Waals surface area contributed by atoms with Crippen molar-refractivity contribution in [2.24, 2.45) is 0 Å². The average molecular weight is 330 g/mol. The first-order valence-electron chi connectivity index (χ1n) is 9.19. The van der Waals surface area contributed by atoms with E-state index in [-0.39, 0.29) is 5.91 Å². The molecule has 0 unspecified atom stereocenters. The number of aromatic amines is 1. The molecule has 132 valence electrons.